The third kappa shape index (κ3) is 3.10. The van der Waals surface area contributed by atoms with Gasteiger partial charge in [0.2, 0.25) is 0 Å². The number of alkyl halides is 1. The lowest BCUT2D eigenvalue weighted by Crippen LogP contribution is -2.42. The van der Waals surface area contributed by atoms with Crippen LogP contribution in [0.25, 0.3) is 0 Å². The lowest BCUT2D eigenvalue weighted by molar-refractivity contribution is 0.380. The largest absolute Gasteiger partial charge is 0.351 e. The molecule has 0 aliphatic heterocycles. The summed E-state index contributed by atoms with van der Waals surface area (Å²) in [6, 6.07) is 1.90. The molecule has 1 aromatic heterocycles. The normalized spacial score (nSPS) is 15.7. The van der Waals surface area contributed by atoms with Crippen LogP contribution >= 0.6 is 27.5 Å². The number of pyridine rings is 1. The van der Waals surface area contributed by atoms with Crippen LogP contribution in [0.1, 0.15) is 25.7 Å². The molecular formula is C12H15BrClFN2. The van der Waals surface area contributed by atoms with Gasteiger partial charge in [-0.15, -0.1) is 11.6 Å². The monoisotopic (exact) mass is 320 g/mol. The molecule has 0 aromatic carbocycles. The Bertz CT molecular complexity index is 385. The Hall–Kier alpha value is -0.350. The molecule has 5 heteroatoms. The molecule has 1 fully saturated rings. The van der Waals surface area contributed by atoms with E-state index in [1.165, 1.54) is 12.5 Å². The summed E-state index contributed by atoms with van der Waals surface area (Å²) in [6.45, 7) is 0.777. The van der Waals surface area contributed by atoms with E-state index in [0.717, 1.165) is 25.8 Å². The summed E-state index contributed by atoms with van der Waals surface area (Å²) < 4.78 is 14.6. The van der Waals surface area contributed by atoms with Crippen LogP contribution in [0.15, 0.2) is 16.7 Å². The number of hydrogen-bond acceptors (Lipinski definition) is 2. The minimum Gasteiger partial charge on any atom is -0.351 e. The zero-order chi connectivity index (χ0) is 12.3. The van der Waals surface area contributed by atoms with Crippen LogP contribution in [0, 0.1) is 5.82 Å². The summed E-state index contributed by atoms with van der Waals surface area (Å²) in [5, 5.41) is 0. The predicted molar refractivity (Wildman–Crippen MR) is 72.2 cm³/mol. The summed E-state index contributed by atoms with van der Waals surface area (Å²) in [6.07, 6.45) is 5.97. The summed E-state index contributed by atoms with van der Waals surface area (Å²) in [7, 11) is 0. The highest BCUT2D eigenvalue weighted by molar-refractivity contribution is 9.10. The van der Waals surface area contributed by atoms with E-state index in [2.05, 4.69) is 25.8 Å². The van der Waals surface area contributed by atoms with Gasteiger partial charge in [-0.05, 0) is 47.7 Å². The molecule has 0 atom stereocenters. The van der Waals surface area contributed by atoms with Crippen LogP contribution in [0.3, 0.4) is 0 Å². The Morgan fingerprint density at radius 3 is 2.82 bits per heavy atom. The lowest BCUT2D eigenvalue weighted by atomic mass is 9.91. The molecule has 17 heavy (non-hydrogen) atoms. The van der Waals surface area contributed by atoms with Gasteiger partial charge >= 0.3 is 0 Å². The maximum absolute atomic E-state index is 13.9. The summed E-state index contributed by atoms with van der Waals surface area (Å²) in [5.41, 5.74) is 0. The van der Waals surface area contributed by atoms with Gasteiger partial charge in [0.1, 0.15) is 0 Å². The first-order valence-electron chi connectivity index (χ1n) is 5.86. The van der Waals surface area contributed by atoms with E-state index in [9.17, 15) is 4.39 Å². The molecule has 1 aliphatic carbocycles. The molecular weight excluding hydrogens is 307 g/mol. The van der Waals surface area contributed by atoms with Crippen molar-refractivity contribution >= 4 is 33.3 Å². The number of anilines is 1. The number of halogens is 3. The fourth-order valence-electron chi connectivity index (χ4n) is 2.01. The third-order valence-electron chi connectivity index (χ3n) is 3.11. The Morgan fingerprint density at radius 2 is 2.29 bits per heavy atom. The Morgan fingerprint density at radius 1 is 1.53 bits per heavy atom. The average Bonchev–Trinajstić information content (AvgIpc) is 2.22. The molecule has 0 unspecified atom stereocenters. The van der Waals surface area contributed by atoms with Gasteiger partial charge in [0.25, 0.3) is 0 Å². The van der Waals surface area contributed by atoms with Gasteiger partial charge < -0.3 is 4.90 Å². The first-order valence-corrected chi connectivity index (χ1v) is 7.19. The summed E-state index contributed by atoms with van der Waals surface area (Å²) in [4.78, 5) is 6.26. The Kier molecular flexibility index (Phi) is 4.62. The van der Waals surface area contributed by atoms with Crippen molar-refractivity contribution in [3.63, 3.8) is 0 Å². The molecule has 1 aromatic rings. The SMILES string of the molecule is Fc1cc(Br)cnc1N(CCCCl)C1CCC1. The van der Waals surface area contributed by atoms with E-state index in [0.29, 0.717) is 22.2 Å². The molecule has 0 bridgehead atoms. The van der Waals surface area contributed by atoms with E-state index in [4.69, 9.17) is 11.6 Å². The van der Waals surface area contributed by atoms with Crippen LogP contribution in [-0.4, -0.2) is 23.5 Å². The summed E-state index contributed by atoms with van der Waals surface area (Å²) in [5.74, 6) is 0.797. The quantitative estimate of drug-likeness (QED) is 0.763. The second-order valence-corrected chi connectivity index (χ2v) is 5.57. The fraction of sp³-hybridized carbons (Fsp3) is 0.583. The molecule has 0 amide bonds. The topological polar surface area (TPSA) is 16.1 Å². The highest BCUT2D eigenvalue weighted by Crippen LogP contribution is 2.30. The van der Waals surface area contributed by atoms with Crippen LogP contribution < -0.4 is 4.90 Å². The van der Waals surface area contributed by atoms with Crippen molar-refractivity contribution in [2.45, 2.75) is 31.7 Å². The summed E-state index contributed by atoms with van der Waals surface area (Å²) >= 11 is 8.94. The smallest absolute Gasteiger partial charge is 0.166 e. The van der Waals surface area contributed by atoms with Gasteiger partial charge in [-0.25, -0.2) is 9.37 Å². The Labute approximate surface area is 114 Å². The molecule has 0 spiro atoms. The molecule has 0 radical (unpaired) electrons. The van der Waals surface area contributed by atoms with Gasteiger partial charge in [0.05, 0.1) is 0 Å². The number of nitrogens with zero attached hydrogens (tertiary/aromatic N) is 2. The minimum absolute atomic E-state index is 0.263. The molecule has 0 N–H and O–H groups in total. The van der Waals surface area contributed by atoms with E-state index in [1.54, 1.807) is 6.20 Å². The lowest BCUT2D eigenvalue weighted by Gasteiger charge is -2.38. The molecule has 1 heterocycles. The van der Waals surface area contributed by atoms with Gasteiger partial charge in [0.15, 0.2) is 11.6 Å². The van der Waals surface area contributed by atoms with Crippen molar-refractivity contribution in [1.82, 2.24) is 4.98 Å². The fourth-order valence-corrected chi connectivity index (χ4v) is 2.43. The van der Waals surface area contributed by atoms with E-state index >= 15 is 0 Å². The number of rotatable bonds is 5. The van der Waals surface area contributed by atoms with E-state index in [-0.39, 0.29) is 5.82 Å². The molecule has 0 saturated heterocycles. The van der Waals surface area contributed by atoms with Gasteiger partial charge in [-0.1, -0.05) is 0 Å². The van der Waals surface area contributed by atoms with Crippen molar-refractivity contribution in [1.29, 1.82) is 0 Å². The molecule has 94 valence electrons. The predicted octanol–water partition coefficient (Wildman–Crippen LogP) is 3.97. The first-order chi connectivity index (χ1) is 8.22. The highest BCUT2D eigenvalue weighted by atomic mass is 79.9. The van der Waals surface area contributed by atoms with E-state index < -0.39 is 0 Å². The average molecular weight is 322 g/mol. The minimum atomic E-state index is -0.263. The Balaban J connectivity index is 2.17. The number of hydrogen-bond donors (Lipinski definition) is 0. The second-order valence-electron chi connectivity index (χ2n) is 4.28. The maximum atomic E-state index is 13.9. The first kappa shape index (κ1) is 13.1. The van der Waals surface area contributed by atoms with E-state index in [1.807, 2.05) is 0 Å². The third-order valence-corrected chi connectivity index (χ3v) is 3.81. The van der Waals surface area contributed by atoms with Crippen LogP contribution in [-0.2, 0) is 0 Å². The maximum Gasteiger partial charge on any atom is 0.166 e. The molecule has 1 saturated carbocycles. The van der Waals surface area contributed by atoms with Crippen molar-refractivity contribution in [2.24, 2.45) is 0 Å². The molecule has 1 aliphatic rings. The number of aromatic nitrogens is 1. The van der Waals surface area contributed by atoms with Crippen LogP contribution in [0.4, 0.5) is 10.2 Å². The van der Waals surface area contributed by atoms with Gasteiger partial charge in [-0.2, -0.15) is 0 Å². The zero-order valence-electron chi connectivity index (χ0n) is 9.50. The standard InChI is InChI=1S/C12H15BrClFN2/c13-9-7-11(15)12(16-8-9)17(6-2-5-14)10-3-1-4-10/h7-8,10H,1-6H2. The van der Waals surface area contributed by atoms with Crippen molar-refractivity contribution in [3.8, 4) is 0 Å². The van der Waals surface area contributed by atoms with Crippen LogP contribution in [0.2, 0.25) is 0 Å². The van der Waals surface area contributed by atoms with Crippen molar-refractivity contribution in [2.75, 3.05) is 17.3 Å². The van der Waals surface area contributed by atoms with Crippen LogP contribution in [0.5, 0.6) is 0 Å². The molecule has 2 nitrogen and oxygen atoms in total. The highest BCUT2D eigenvalue weighted by Gasteiger charge is 2.27. The zero-order valence-corrected chi connectivity index (χ0v) is 11.8. The van der Waals surface area contributed by atoms with Gasteiger partial charge in [0, 0.05) is 29.1 Å². The molecule has 2 rings (SSSR count). The second kappa shape index (κ2) is 6.01. The van der Waals surface area contributed by atoms with Crippen molar-refractivity contribution < 1.29 is 4.39 Å². The van der Waals surface area contributed by atoms with Crippen molar-refractivity contribution in [3.05, 3.63) is 22.6 Å². The van der Waals surface area contributed by atoms with Gasteiger partial charge in [-0.3, -0.25) is 0 Å².